The summed E-state index contributed by atoms with van der Waals surface area (Å²) in [6.07, 6.45) is 2.85. The first kappa shape index (κ1) is 13.1. The molecule has 0 saturated heterocycles. The van der Waals surface area contributed by atoms with Crippen LogP contribution in [0.3, 0.4) is 0 Å². The molecule has 1 aromatic rings. The summed E-state index contributed by atoms with van der Waals surface area (Å²) in [5.74, 6) is 0.589. The van der Waals surface area contributed by atoms with Gasteiger partial charge in [0.25, 0.3) is 6.08 Å². The molecule has 0 aromatic carbocycles. The summed E-state index contributed by atoms with van der Waals surface area (Å²) in [6.45, 7) is 0. The lowest BCUT2D eigenvalue weighted by molar-refractivity contribution is 0.215. The normalized spacial score (nSPS) is 10.7. The molecule has 0 saturated carbocycles. The molecule has 0 fully saturated rings. The van der Waals surface area contributed by atoms with Crippen molar-refractivity contribution in [1.82, 2.24) is 4.98 Å². The first-order valence-electron chi connectivity index (χ1n) is 4.38. The van der Waals surface area contributed by atoms with Gasteiger partial charge in [-0.05, 0) is 12.5 Å². The van der Waals surface area contributed by atoms with Crippen LogP contribution in [0, 0.1) is 0 Å². The highest BCUT2D eigenvalue weighted by Gasteiger charge is 2.00. The van der Waals surface area contributed by atoms with Crippen LogP contribution in [-0.4, -0.2) is 24.1 Å². The summed E-state index contributed by atoms with van der Waals surface area (Å²) in [6, 6.07) is 0. The van der Waals surface area contributed by atoms with Crippen molar-refractivity contribution in [3.05, 3.63) is 23.2 Å². The molecule has 88 valence electrons. The smallest absolute Gasteiger partial charge is 0.266 e. The topological polar surface area (TPSA) is 34.5 Å². The van der Waals surface area contributed by atoms with Crippen LogP contribution < -0.4 is 0 Å². The van der Waals surface area contributed by atoms with Gasteiger partial charge in [0.2, 0.25) is 0 Å². The van der Waals surface area contributed by atoms with Crippen LogP contribution >= 0.6 is 23.1 Å². The minimum Gasteiger partial charge on any atom is -0.399 e. The van der Waals surface area contributed by atoms with Crippen LogP contribution in [0.1, 0.15) is 11.3 Å². The van der Waals surface area contributed by atoms with E-state index in [4.69, 9.17) is 0 Å². The minimum atomic E-state index is -1.63. The molecule has 0 unspecified atom stereocenters. The van der Waals surface area contributed by atoms with Crippen molar-refractivity contribution in [2.45, 2.75) is 10.8 Å². The van der Waals surface area contributed by atoms with Gasteiger partial charge in [-0.3, -0.25) is 0 Å². The van der Waals surface area contributed by atoms with Gasteiger partial charge in [0, 0.05) is 11.9 Å². The summed E-state index contributed by atoms with van der Waals surface area (Å²) in [7, 11) is 1.46. The Balaban J connectivity index is 2.35. The van der Waals surface area contributed by atoms with E-state index in [-0.39, 0.29) is 0 Å². The molecule has 0 aliphatic heterocycles. The van der Waals surface area contributed by atoms with Crippen LogP contribution in [0.5, 0.6) is 0 Å². The van der Waals surface area contributed by atoms with Gasteiger partial charge in [0.15, 0.2) is 0 Å². The van der Waals surface area contributed by atoms with Gasteiger partial charge in [-0.15, -0.1) is 11.3 Å². The molecular weight excluding hydrogens is 254 g/mol. The fourth-order valence-electron chi connectivity index (χ4n) is 0.815. The molecule has 0 aliphatic rings. The van der Waals surface area contributed by atoms with Crippen molar-refractivity contribution in [3.8, 4) is 0 Å². The van der Waals surface area contributed by atoms with Gasteiger partial charge in [0.1, 0.15) is 11.4 Å². The van der Waals surface area contributed by atoms with Crippen molar-refractivity contribution in [1.29, 1.82) is 0 Å². The largest absolute Gasteiger partial charge is 0.399 e. The van der Waals surface area contributed by atoms with Gasteiger partial charge >= 0.3 is 0 Å². The minimum absolute atomic E-state index is 0.341. The Kier molecular flexibility index (Phi) is 6.02. The highest BCUT2D eigenvalue weighted by molar-refractivity contribution is 8.01. The Morgan fingerprint density at radius 2 is 2.50 bits per heavy atom. The van der Waals surface area contributed by atoms with Crippen molar-refractivity contribution < 1.29 is 13.6 Å². The van der Waals surface area contributed by atoms with Crippen molar-refractivity contribution in [3.63, 3.8) is 0 Å². The van der Waals surface area contributed by atoms with E-state index in [0.717, 1.165) is 15.3 Å². The van der Waals surface area contributed by atoms with E-state index in [0.29, 0.717) is 12.2 Å². The molecule has 0 radical (unpaired) electrons. The predicted octanol–water partition coefficient (Wildman–Crippen LogP) is 3.39. The maximum Gasteiger partial charge on any atom is 0.266 e. The molecule has 1 rings (SSSR count). The maximum absolute atomic E-state index is 11.7. The Hall–Kier alpha value is -0.950. The third-order valence-corrected chi connectivity index (χ3v) is 3.55. The fourth-order valence-corrected chi connectivity index (χ4v) is 2.64. The molecule has 1 heterocycles. The molecule has 3 nitrogen and oxygen atoms in total. The maximum atomic E-state index is 11.7. The van der Waals surface area contributed by atoms with Crippen LogP contribution in [0.2, 0.25) is 0 Å². The van der Waals surface area contributed by atoms with Crippen LogP contribution in [0.25, 0.3) is 0 Å². The third kappa shape index (κ3) is 5.22. The molecule has 0 N–H and O–H groups in total. The number of nitrogens with zero attached hydrogens (tertiary/aromatic N) is 2. The van der Waals surface area contributed by atoms with Crippen LogP contribution in [0.4, 0.5) is 8.78 Å². The Morgan fingerprint density at radius 3 is 3.19 bits per heavy atom. The zero-order valence-corrected chi connectivity index (χ0v) is 10.2. The molecule has 16 heavy (non-hydrogen) atoms. The lowest BCUT2D eigenvalue weighted by atomic mass is 10.5. The lowest BCUT2D eigenvalue weighted by Gasteiger charge is -1.91. The number of halogens is 2. The Labute approximate surface area is 100 Å². The van der Waals surface area contributed by atoms with Crippen molar-refractivity contribution in [2.75, 3.05) is 12.9 Å². The molecule has 0 bridgehead atoms. The number of rotatable bonds is 6. The summed E-state index contributed by atoms with van der Waals surface area (Å²) < 4.78 is 24.3. The zero-order chi connectivity index (χ0) is 11.8. The van der Waals surface area contributed by atoms with Crippen LogP contribution in [0.15, 0.2) is 27.8 Å². The van der Waals surface area contributed by atoms with Crippen LogP contribution in [-0.2, 0) is 4.84 Å². The molecule has 0 spiro atoms. The summed E-state index contributed by atoms with van der Waals surface area (Å²) >= 11 is 2.89. The molecule has 7 heteroatoms. The van der Waals surface area contributed by atoms with E-state index >= 15 is 0 Å². The lowest BCUT2D eigenvalue weighted by Crippen LogP contribution is -1.75. The summed E-state index contributed by atoms with van der Waals surface area (Å²) in [5, 5.41) is 3.60. The second kappa shape index (κ2) is 7.34. The first-order valence-corrected chi connectivity index (χ1v) is 6.19. The number of thiazole rings is 1. The SMILES string of the molecule is CO/N=C/c1cnc(SCCC=C(F)F)s1. The standard InChI is InChI=1S/C9H10F2N2OS2/c1-14-13-6-7-5-12-9(16-7)15-4-2-3-8(10)11/h3,5-6H,2,4H2,1H3/b13-6+. The number of allylic oxidation sites excluding steroid dienone is 1. The Morgan fingerprint density at radius 1 is 1.69 bits per heavy atom. The van der Waals surface area contributed by atoms with E-state index < -0.39 is 6.08 Å². The monoisotopic (exact) mass is 264 g/mol. The number of hydrogen-bond donors (Lipinski definition) is 0. The number of hydrogen-bond acceptors (Lipinski definition) is 5. The van der Waals surface area contributed by atoms with E-state index in [1.54, 1.807) is 12.4 Å². The quantitative estimate of drug-likeness (QED) is 0.342. The van der Waals surface area contributed by atoms with Gasteiger partial charge in [-0.25, -0.2) is 4.98 Å². The average Bonchev–Trinajstić information content (AvgIpc) is 2.69. The second-order valence-corrected chi connectivity index (χ2v) is 4.98. The highest BCUT2D eigenvalue weighted by atomic mass is 32.2. The molecular formula is C9H10F2N2OS2. The van der Waals surface area contributed by atoms with Gasteiger partial charge in [-0.2, -0.15) is 8.78 Å². The van der Waals surface area contributed by atoms with Crippen molar-refractivity contribution >= 4 is 29.3 Å². The third-order valence-electron chi connectivity index (χ3n) is 1.43. The molecule has 0 atom stereocenters. The van der Waals surface area contributed by atoms with E-state index in [1.807, 2.05) is 0 Å². The van der Waals surface area contributed by atoms with E-state index in [9.17, 15) is 8.78 Å². The van der Waals surface area contributed by atoms with E-state index in [1.165, 1.54) is 30.2 Å². The summed E-state index contributed by atoms with van der Waals surface area (Å²) in [5.41, 5.74) is 0. The summed E-state index contributed by atoms with van der Waals surface area (Å²) in [4.78, 5) is 9.51. The van der Waals surface area contributed by atoms with Crippen molar-refractivity contribution in [2.24, 2.45) is 5.16 Å². The molecule has 1 aromatic heterocycles. The van der Waals surface area contributed by atoms with Gasteiger partial charge < -0.3 is 4.84 Å². The zero-order valence-electron chi connectivity index (χ0n) is 8.52. The second-order valence-electron chi connectivity index (χ2n) is 2.58. The number of aromatic nitrogens is 1. The predicted molar refractivity (Wildman–Crippen MR) is 62.4 cm³/mol. The number of thioether (sulfide) groups is 1. The fraction of sp³-hybridized carbons (Fsp3) is 0.333. The van der Waals surface area contributed by atoms with E-state index in [2.05, 4.69) is 15.0 Å². The highest BCUT2D eigenvalue weighted by Crippen LogP contribution is 2.24. The first-order chi connectivity index (χ1) is 7.72. The average molecular weight is 264 g/mol. The van der Waals surface area contributed by atoms with Gasteiger partial charge in [0.05, 0.1) is 11.1 Å². The molecule has 0 aliphatic carbocycles. The number of oxime groups is 1. The Bertz CT molecular complexity index is 375. The molecule has 0 amide bonds. The van der Waals surface area contributed by atoms with Gasteiger partial charge in [-0.1, -0.05) is 16.9 Å².